The molecule has 1 nitrogen and oxygen atoms in total. The summed E-state index contributed by atoms with van der Waals surface area (Å²) in [5.74, 6) is 0.702. The number of ketones is 1. The zero-order valence-electron chi connectivity index (χ0n) is 10.8. The molecule has 2 aromatic rings. The van der Waals surface area contributed by atoms with Crippen molar-refractivity contribution >= 4 is 27.2 Å². The SMILES string of the molecule is Cc1cc2cc(C(=O)CC(C)C)sc2cc1C. The summed E-state index contributed by atoms with van der Waals surface area (Å²) >= 11 is 1.62. The number of thiophene rings is 1. The second kappa shape index (κ2) is 4.61. The average molecular weight is 246 g/mol. The van der Waals surface area contributed by atoms with Crippen molar-refractivity contribution in [2.24, 2.45) is 5.92 Å². The lowest BCUT2D eigenvalue weighted by atomic mass is 10.1. The third-order valence-corrected chi connectivity index (χ3v) is 4.14. The molecule has 0 aliphatic carbocycles. The van der Waals surface area contributed by atoms with Crippen LogP contribution < -0.4 is 0 Å². The number of carbonyl (C=O) groups is 1. The summed E-state index contributed by atoms with van der Waals surface area (Å²) in [6, 6.07) is 6.39. The first kappa shape index (κ1) is 12.3. The molecule has 17 heavy (non-hydrogen) atoms. The van der Waals surface area contributed by atoms with Crippen LogP contribution in [-0.2, 0) is 0 Å². The van der Waals surface area contributed by atoms with E-state index in [-0.39, 0.29) is 5.78 Å². The Hall–Kier alpha value is -1.15. The van der Waals surface area contributed by atoms with Crippen LogP contribution in [0, 0.1) is 19.8 Å². The summed E-state index contributed by atoms with van der Waals surface area (Å²) in [6.45, 7) is 8.39. The van der Waals surface area contributed by atoms with Gasteiger partial charge in [0.1, 0.15) is 0 Å². The van der Waals surface area contributed by atoms with Gasteiger partial charge in [0.2, 0.25) is 0 Å². The van der Waals surface area contributed by atoms with E-state index < -0.39 is 0 Å². The molecular formula is C15H18OS. The molecule has 0 atom stereocenters. The van der Waals surface area contributed by atoms with Crippen molar-refractivity contribution in [2.75, 3.05) is 0 Å². The zero-order valence-corrected chi connectivity index (χ0v) is 11.6. The van der Waals surface area contributed by atoms with Gasteiger partial charge in [0.15, 0.2) is 5.78 Å². The predicted molar refractivity (Wildman–Crippen MR) is 75.1 cm³/mol. The number of carbonyl (C=O) groups excluding carboxylic acids is 1. The number of rotatable bonds is 3. The summed E-state index contributed by atoms with van der Waals surface area (Å²) < 4.78 is 1.22. The van der Waals surface area contributed by atoms with Crippen LogP contribution in [0.3, 0.4) is 0 Å². The second-order valence-electron chi connectivity index (χ2n) is 5.11. The molecule has 0 spiro atoms. The van der Waals surface area contributed by atoms with Gasteiger partial charge in [0.25, 0.3) is 0 Å². The second-order valence-corrected chi connectivity index (χ2v) is 6.19. The summed E-state index contributed by atoms with van der Waals surface area (Å²) in [6.07, 6.45) is 0.644. The molecule has 0 N–H and O–H groups in total. The van der Waals surface area contributed by atoms with E-state index in [1.807, 2.05) is 6.07 Å². The molecule has 2 heteroatoms. The Kier molecular flexibility index (Phi) is 3.34. The van der Waals surface area contributed by atoms with Gasteiger partial charge >= 0.3 is 0 Å². The summed E-state index contributed by atoms with van der Waals surface area (Å²) in [5, 5.41) is 1.20. The maximum atomic E-state index is 12.0. The van der Waals surface area contributed by atoms with Crippen molar-refractivity contribution in [3.63, 3.8) is 0 Å². The first-order chi connectivity index (χ1) is 7.97. The quantitative estimate of drug-likeness (QED) is 0.714. The molecule has 1 aromatic heterocycles. The molecule has 0 aliphatic rings. The molecule has 0 aliphatic heterocycles. The van der Waals surface area contributed by atoms with Crippen molar-refractivity contribution in [3.05, 3.63) is 34.2 Å². The van der Waals surface area contributed by atoms with Crippen LogP contribution in [-0.4, -0.2) is 5.78 Å². The third-order valence-electron chi connectivity index (χ3n) is 3.00. The van der Waals surface area contributed by atoms with E-state index in [1.165, 1.54) is 21.2 Å². The molecule has 0 unspecified atom stereocenters. The van der Waals surface area contributed by atoms with E-state index in [1.54, 1.807) is 11.3 Å². The minimum atomic E-state index is 0.275. The molecule has 0 fully saturated rings. The van der Waals surface area contributed by atoms with E-state index in [9.17, 15) is 4.79 Å². The highest BCUT2D eigenvalue weighted by Crippen LogP contribution is 2.29. The van der Waals surface area contributed by atoms with Crippen LogP contribution in [0.1, 0.15) is 41.1 Å². The average Bonchev–Trinajstić information content (AvgIpc) is 2.60. The predicted octanol–water partition coefficient (Wildman–Crippen LogP) is 4.75. The van der Waals surface area contributed by atoms with Gasteiger partial charge in [-0.05, 0) is 48.4 Å². The van der Waals surface area contributed by atoms with Gasteiger partial charge in [-0.1, -0.05) is 19.9 Å². The van der Waals surface area contributed by atoms with Crippen molar-refractivity contribution in [1.82, 2.24) is 0 Å². The Morgan fingerprint density at radius 2 is 1.82 bits per heavy atom. The molecule has 1 aromatic carbocycles. The monoisotopic (exact) mass is 246 g/mol. The van der Waals surface area contributed by atoms with Crippen molar-refractivity contribution in [2.45, 2.75) is 34.1 Å². The molecule has 0 bridgehead atoms. The van der Waals surface area contributed by atoms with Crippen LogP contribution in [0.15, 0.2) is 18.2 Å². The fourth-order valence-corrected chi connectivity index (χ4v) is 3.00. The Morgan fingerprint density at radius 1 is 1.18 bits per heavy atom. The largest absolute Gasteiger partial charge is 0.293 e. The fraction of sp³-hybridized carbons (Fsp3) is 0.400. The van der Waals surface area contributed by atoms with Crippen LogP contribution in [0.2, 0.25) is 0 Å². The Bertz CT molecular complexity index is 525. The minimum absolute atomic E-state index is 0.275. The molecule has 0 amide bonds. The van der Waals surface area contributed by atoms with Gasteiger partial charge in [-0.15, -0.1) is 11.3 Å². The third kappa shape index (κ3) is 2.58. The van der Waals surface area contributed by atoms with Gasteiger partial charge in [0.05, 0.1) is 4.88 Å². The lowest BCUT2D eigenvalue weighted by molar-refractivity contribution is 0.0972. The molecule has 0 saturated heterocycles. The number of benzene rings is 1. The highest BCUT2D eigenvalue weighted by atomic mass is 32.1. The van der Waals surface area contributed by atoms with E-state index in [2.05, 4.69) is 39.8 Å². The number of fused-ring (bicyclic) bond motifs is 1. The maximum Gasteiger partial charge on any atom is 0.173 e. The molecule has 90 valence electrons. The Morgan fingerprint density at radius 3 is 2.47 bits per heavy atom. The van der Waals surface area contributed by atoms with E-state index >= 15 is 0 Å². The Labute approximate surface area is 106 Å². The van der Waals surface area contributed by atoms with E-state index in [0.717, 1.165) is 4.88 Å². The van der Waals surface area contributed by atoms with Gasteiger partial charge in [-0.3, -0.25) is 4.79 Å². The minimum Gasteiger partial charge on any atom is -0.293 e. The van der Waals surface area contributed by atoms with E-state index in [4.69, 9.17) is 0 Å². The standard InChI is InChI=1S/C15H18OS/c1-9(2)5-13(16)15-8-12-6-10(3)11(4)7-14(12)17-15/h6-9H,5H2,1-4H3. The van der Waals surface area contributed by atoms with Crippen LogP contribution >= 0.6 is 11.3 Å². The molecule has 0 radical (unpaired) electrons. The normalized spacial score (nSPS) is 11.4. The lowest BCUT2D eigenvalue weighted by Crippen LogP contribution is -2.00. The molecular weight excluding hydrogens is 228 g/mol. The zero-order chi connectivity index (χ0) is 12.6. The number of hydrogen-bond acceptors (Lipinski definition) is 2. The topological polar surface area (TPSA) is 17.1 Å². The van der Waals surface area contributed by atoms with Gasteiger partial charge in [-0.2, -0.15) is 0 Å². The molecule has 2 rings (SSSR count). The summed E-state index contributed by atoms with van der Waals surface area (Å²) in [4.78, 5) is 12.9. The summed E-state index contributed by atoms with van der Waals surface area (Å²) in [5.41, 5.74) is 2.58. The van der Waals surface area contributed by atoms with Crippen LogP contribution in [0.5, 0.6) is 0 Å². The highest BCUT2D eigenvalue weighted by Gasteiger charge is 2.12. The molecule has 0 saturated carbocycles. The highest BCUT2D eigenvalue weighted by molar-refractivity contribution is 7.20. The maximum absolute atomic E-state index is 12.0. The smallest absolute Gasteiger partial charge is 0.173 e. The van der Waals surface area contributed by atoms with Crippen molar-refractivity contribution < 1.29 is 4.79 Å². The number of hydrogen-bond donors (Lipinski definition) is 0. The lowest BCUT2D eigenvalue weighted by Gasteiger charge is -2.00. The van der Waals surface area contributed by atoms with Crippen LogP contribution in [0.4, 0.5) is 0 Å². The first-order valence-corrected chi connectivity index (χ1v) is 6.83. The number of Topliss-reactive ketones (excluding diaryl/α,β-unsaturated/α-hetero) is 1. The van der Waals surface area contributed by atoms with Gasteiger partial charge in [0, 0.05) is 11.1 Å². The summed E-state index contributed by atoms with van der Waals surface area (Å²) in [7, 11) is 0. The fourth-order valence-electron chi connectivity index (χ4n) is 1.91. The van der Waals surface area contributed by atoms with Gasteiger partial charge in [-0.25, -0.2) is 0 Å². The number of aryl methyl sites for hydroxylation is 2. The van der Waals surface area contributed by atoms with Gasteiger partial charge < -0.3 is 0 Å². The first-order valence-electron chi connectivity index (χ1n) is 6.01. The van der Waals surface area contributed by atoms with E-state index in [0.29, 0.717) is 12.3 Å². The van der Waals surface area contributed by atoms with Crippen LogP contribution in [0.25, 0.3) is 10.1 Å². The van der Waals surface area contributed by atoms with Crippen molar-refractivity contribution in [3.8, 4) is 0 Å². The Balaban J connectivity index is 2.41. The molecule has 1 heterocycles. The van der Waals surface area contributed by atoms with Crippen molar-refractivity contribution in [1.29, 1.82) is 0 Å².